The van der Waals surface area contributed by atoms with E-state index >= 15 is 0 Å². The van der Waals surface area contributed by atoms with Gasteiger partial charge in [-0.15, -0.1) is 0 Å². The van der Waals surface area contributed by atoms with Crippen molar-refractivity contribution in [1.29, 1.82) is 0 Å². The van der Waals surface area contributed by atoms with Crippen LogP contribution in [-0.4, -0.2) is 44.9 Å². The molecule has 0 radical (unpaired) electrons. The number of hydroxylamine groups is 2. The van der Waals surface area contributed by atoms with Gasteiger partial charge in [-0.1, -0.05) is 0 Å². The van der Waals surface area contributed by atoms with Gasteiger partial charge in [0.15, 0.2) is 6.61 Å². The molecule has 0 aromatic carbocycles. The number of alkyl halides is 3. The Labute approximate surface area is 78.3 Å². The Morgan fingerprint density at radius 1 is 1.36 bits per heavy atom. The molecule has 8 heteroatoms. The van der Waals surface area contributed by atoms with Gasteiger partial charge in [0, 0.05) is 7.05 Å². The fourth-order valence-corrected chi connectivity index (χ4v) is 0.172. The number of halogens is 3. The fourth-order valence-electron chi connectivity index (χ4n) is 0.172. The lowest BCUT2D eigenvalue weighted by atomic mass is 10.7. The second-order valence-corrected chi connectivity index (χ2v) is 1.86. The molecule has 0 unspecified atom stereocenters. The molecule has 0 aliphatic heterocycles. The lowest BCUT2D eigenvalue weighted by molar-refractivity contribution is -0.177. The van der Waals surface area contributed by atoms with E-state index < -0.39 is 12.8 Å². The van der Waals surface area contributed by atoms with E-state index in [-0.39, 0.29) is 6.47 Å². The van der Waals surface area contributed by atoms with Crippen molar-refractivity contribution in [3.8, 4) is 0 Å². The van der Waals surface area contributed by atoms with E-state index in [0.717, 1.165) is 5.06 Å². The first-order valence-corrected chi connectivity index (χ1v) is 3.21. The minimum Gasteiger partial charge on any atom is -0.458 e. The van der Waals surface area contributed by atoms with Gasteiger partial charge < -0.3 is 4.74 Å². The van der Waals surface area contributed by atoms with Gasteiger partial charge in [0.1, 0.15) is 0 Å². The molecule has 84 valence electrons. The van der Waals surface area contributed by atoms with Crippen LogP contribution in [0.25, 0.3) is 0 Å². The highest BCUT2D eigenvalue weighted by atomic mass is 19.4. The third-order valence-corrected chi connectivity index (χ3v) is 0.751. The van der Waals surface area contributed by atoms with Crippen molar-refractivity contribution in [3.63, 3.8) is 0 Å². The van der Waals surface area contributed by atoms with Crippen molar-refractivity contribution in [2.24, 2.45) is 0 Å². The maximum Gasteiger partial charge on any atom is 0.422 e. The molecule has 0 N–H and O–H groups in total. The predicted octanol–water partition coefficient (Wildman–Crippen LogP) is 0.358. The van der Waals surface area contributed by atoms with Gasteiger partial charge in [0.2, 0.25) is 6.41 Å². The fraction of sp³-hybridized carbons (Fsp3) is 0.667. The number of ether oxygens (including phenoxy) is 1. The van der Waals surface area contributed by atoms with Crippen molar-refractivity contribution < 1.29 is 32.3 Å². The van der Waals surface area contributed by atoms with E-state index in [1.165, 1.54) is 14.2 Å². The zero-order valence-corrected chi connectivity index (χ0v) is 7.58. The Hall–Kier alpha value is -1.31. The Balaban J connectivity index is 0. The molecule has 0 saturated heterocycles. The molecular weight excluding hydrogens is 207 g/mol. The topological polar surface area (TPSA) is 55.8 Å². The molecular formula is C6H10F3NO4. The van der Waals surface area contributed by atoms with E-state index in [1.807, 2.05) is 0 Å². The predicted molar refractivity (Wildman–Crippen MR) is 38.9 cm³/mol. The molecule has 5 nitrogen and oxygen atoms in total. The van der Waals surface area contributed by atoms with Gasteiger partial charge >= 0.3 is 6.18 Å². The summed E-state index contributed by atoms with van der Waals surface area (Å²) in [5.74, 6) is 0. The number of hydrogen-bond acceptors (Lipinski definition) is 4. The normalized spacial score (nSPS) is 9.50. The van der Waals surface area contributed by atoms with Gasteiger partial charge in [0.05, 0.1) is 7.11 Å². The molecule has 0 saturated carbocycles. The largest absolute Gasteiger partial charge is 0.458 e. The zero-order valence-electron chi connectivity index (χ0n) is 7.58. The van der Waals surface area contributed by atoms with E-state index in [2.05, 4.69) is 9.57 Å². The molecule has 0 aliphatic carbocycles. The van der Waals surface area contributed by atoms with Crippen molar-refractivity contribution in [2.45, 2.75) is 6.18 Å². The van der Waals surface area contributed by atoms with Crippen LogP contribution >= 0.6 is 0 Å². The number of carbonyl (C=O) groups excluding carboxylic acids is 2. The third kappa shape index (κ3) is 17.0. The molecule has 0 atom stereocenters. The number of amides is 1. The summed E-state index contributed by atoms with van der Waals surface area (Å²) in [5.41, 5.74) is 0. The molecule has 0 fully saturated rings. The molecule has 0 bridgehead atoms. The van der Waals surface area contributed by atoms with Crippen molar-refractivity contribution >= 4 is 12.9 Å². The van der Waals surface area contributed by atoms with Gasteiger partial charge in [-0.25, -0.2) is 5.06 Å². The number of hydrogen-bond donors (Lipinski definition) is 0. The maximum atomic E-state index is 11.0. The number of rotatable bonds is 4. The molecule has 14 heavy (non-hydrogen) atoms. The van der Waals surface area contributed by atoms with Gasteiger partial charge in [-0.2, -0.15) is 13.2 Å². The van der Waals surface area contributed by atoms with Gasteiger partial charge in [0.25, 0.3) is 6.47 Å². The van der Waals surface area contributed by atoms with Crippen LogP contribution in [0.1, 0.15) is 0 Å². The van der Waals surface area contributed by atoms with Crippen LogP contribution in [0.15, 0.2) is 0 Å². The minimum absolute atomic E-state index is 0.243. The summed E-state index contributed by atoms with van der Waals surface area (Å²) in [6, 6.07) is 0. The lowest BCUT2D eigenvalue weighted by Crippen LogP contribution is -2.15. The van der Waals surface area contributed by atoms with E-state index in [9.17, 15) is 18.0 Å². The van der Waals surface area contributed by atoms with E-state index in [0.29, 0.717) is 6.41 Å². The summed E-state index contributed by atoms with van der Waals surface area (Å²) in [6.07, 6.45) is -3.82. The van der Waals surface area contributed by atoms with E-state index in [4.69, 9.17) is 4.79 Å². The van der Waals surface area contributed by atoms with E-state index in [1.54, 1.807) is 0 Å². The third-order valence-electron chi connectivity index (χ3n) is 0.751. The molecule has 0 aromatic rings. The molecule has 0 heterocycles. The highest BCUT2D eigenvalue weighted by molar-refractivity contribution is 5.44. The molecule has 0 aromatic heterocycles. The highest BCUT2D eigenvalue weighted by Crippen LogP contribution is 2.13. The lowest BCUT2D eigenvalue weighted by Gasteiger charge is -2.02. The number of nitrogens with zero attached hydrogens (tertiary/aromatic N) is 1. The summed E-state index contributed by atoms with van der Waals surface area (Å²) in [7, 11) is 2.95. The first-order chi connectivity index (χ1) is 6.37. The summed E-state index contributed by atoms with van der Waals surface area (Å²) in [4.78, 5) is 23.0. The van der Waals surface area contributed by atoms with Crippen LogP contribution in [-0.2, 0) is 19.2 Å². The molecule has 0 aliphatic rings. The van der Waals surface area contributed by atoms with Crippen molar-refractivity contribution in [1.82, 2.24) is 5.06 Å². The minimum atomic E-state index is -4.40. The Kier molecular flexibility index (Phi) is 8.99. The standard InChI is InChI=1S/C3H3F3O2.C3H7NO2/c4-3(5,6)1-8-2-7;1-4(3-5)6-2/h2H,1H2;3H,1-2H3. The average molecular weight is 217 g/mol. The second kappa shape index (κ2) is 8.30. The van der Waals surface area contributed by atoms with Crippen LogP contribution in [0.5, 0.6) is 0 Å². The quantitative estimate of drug-likeness (QED) is 0.504. The molecule has 1 amide bonds. The molecule has 0 rings (SSSR count). The van der Waals surface area contributed by atoms with Crippen molar-refractivity contribution in [2.75, 3.05) is 20.8 Å². The zero-order chi connectivity index (χ0) is 11.6. The van der Waals surface area contributed by atoms with Crippen LogP contribution < -0.4 is 0 Å². The van der Waals surface area contributed by atoms with Crippen molar-refractivity contribution in [3.05, 3.63) is 0 Å². The van der Waals surface area contributed by atoms with Crippen LogP contribution in [0, 0.1) is 0 Å². The Morgan fingerprint density at radius 3 is 1.93 bits per heavy atom. The summed E-state index contributed by atoms with van der Waals surface area (Å²) in [5, 5.41) is 1.07. The van der Waals surface area contributed by atoms with Crippen LogP contribution in [0.2, 0.25) is 0 Å². The van der Waals surface area contributed by atoms with Crippen LogP contribution in [0.4, 0.5) is 13.2 Å². The maximum absolute atomic E-state index is 11.0. The first kappa shape index (κ1) is 15.2. The van der Waals surface area contributed by atoms with Gasteiger partial charge in [-0.05, 0) is 0 Å². The second-order valence-electron chi connectivity index (χ2n) is 1.86. The Morgan fingerprint density at radius 2 is 1.86 bits per heavy atom. The highest BCUT2D eigenvalue weighted by Gasteiger charge is 2.27. The van der Waals surface area contributed by atoms with Gasteiger partial charge in [-0.3, -0.25) is 14.4 Å². The molecule has 0 spiro atoms. The average Bonchev–Trinajstić information content (AvgIpc) is 2.13. The van der Waals surface area contributed by atoms with Crippen LogP contribution in [0.3, 0.4) is 0 Å². The summed E-state index contributed by atoms with van der Waals surface area (Å²) >= 11 is 0. The summed E-state index contributed by atoms with van der Waals surface area (Å²) < 4.78 is 36.3. The summed E-state index contributed by atoms with van der Waals surface area (Å²) in [6.45, 7) is -1.75. The Bertz CT molecular complexity index is 162. The monoisotopic (exact) mass is 217 g/mol. The first-order valence-electron chi connectivity index (χ1n) is 3.21. The smallest absolute Gasteiger partial charge is 0.422 e. The number of carbonyl (C=O) groups is 2. The SMILES string of the molecule is CON(C)C=O.O=COCC(F)(F)F.